The summed E-state index contributed by atoms with van der Waals surface area (Å²) in [5.74, 6) is 0.0855. The van der Waals surface area contributed by atoms with E-state index in [9.17, 15) is 9.18 Å². The van der Waals surface area contributed by atoms with Crippen molar-refractivity contribution in [1.82, 2.24) is 9.47 Å². The number of anilines is 1. The molecule has 0 N–H and O–H groups in total. The molecule has 2 heterocycles. The summed E-state index contributed by atoms with van der Waals surface area (Å²) in [5, 5.41) is 1.09. The van der Waals surface area contributed by atoms with E-state index in [1.807, 2.05) is 43.3 Å². The van der Waals surface area contributed by atoms with Gasteiger partial charge >= 0.3 is 0 Å². The van der Waals surface area contributed by atoms with Crippen LogP contribution in [0.2, 0.25) is 10.0 Å². The fraction of sp³-hybridized carbons (Fsp3) is 0.414. The van der Waals surface area contributed by atoms with Crippen molar-refractivity contribution in [2.45, 2.75) is 45.7 Å². The third-order valence-electron chi connectivity index (χ3n) is 7.17. The third-order valence-corrected chi connectivity index (χ3v) is 7.98. The number of rotatable bonds is 10. The van der Waals surface area contributed by atoms with Crippen molar-refractivity contribution < 1.29 is 9.18 Å². The summed E-state index contributed by atoms with van der Waals surface area (Å²) in [4.78, 5) is 17.6. The highest BCUT2D eigenvalue weighted by molar-refractivity contribution is 6.43. The van der Waals surface area contributed by atoms with Crippen molar-refractivity contribution in [1.29, 1.82) is 0 Å². The van der Waals surface area contributed by atoms with Crippen LogP contribution in [0.25, 0.3) is 11.3 Å². The Balaban J connectivity index is 0.00000380. The van der Waals surface area contributed by atoms with Gasteiger partial charge in [0.1, 0.15) is 6.67 Å². The summed E-state index contributed by atoms with van der Waals surface area (Å²) in [6.07, 6.45) is 1.83. The van der Waals surface area contributed by atoms with Crippen LogP contribution in [0.15, 0.2) is 54.6 Å². The Morgan fingerprint density at radius 3 is 2.38 bits per heavy atom. The van der Waals surface area contributed by atoms with Crippen LogP contribution >= 0.6 is 35.6 Å². The molecule has 0 saturated carbocycles. The molecule has 0 radical (unpaired) electrons. The van der Waals surface area contributed by atoms with Crippen molar-refractivity contribution >= 4 is 47.1 Å². The number of Topliss-reactive ketones (excluding diaryl/α,β-unsaturated/α-hetero) is 1. The topological polar surface area (TPSA) is 28.5 Å². The highest BCUT2D eigenvalue weighted by Gasteiger charge is 2.26. The molecule has 1 unspecified atom stereocenters. The second-order valence-electron chi connectivity index (χ2n) is 9.41. The van der Waals surface area contributed by atoms with Gasteiger partial charge in [0, 0.05) is 62.1 Å². The van der Waals surface area contributed by atoms with Gasteiger partial charge in [-0.15, -0.1) is 12.4 Å². The van der Waals surface area contributed by atoms with Gasteiger partial charge in [-0.1, -0.05) is 66.5 Å². The first kappa shape index (κ1) is 29.5. The summed E-state index contributed by atoms with van der Waals surface area (Å²) in [7, 11) is 0. The zero-order chi connectivity index (χ0) is 25.7. The Morgan fingerprint density at radius 2 is 1.73 bits per heavy atom. The number of hydrogen-bond acceptors (Lipinski definition) is 3. The number of piperazine rings is 1. The van der Waals surface area contributed by atoms with Crippen molar-refractivity contribution in [3.8, 4) is 11.3 Å². The Kier molecular flexibility index (Phi) is 10.9. The smallest absolute Gasteiger partial charge is 0.164 e. The number of carbonyl (C=O) groups is 1. The molecule has 0 bridgehead atoms. The van der Waals surface area contributed by atoms with Crippen LogP contribution in [0.1, 0.15) is 42.2 Å². The summed E-state index contributed by atoms with van der Waals surface area (Å²) in [6, 6.07) is 17.6. The second kappa shape index (κ2) is 13.7. The summed E-state index contributed by atoms with van der Waals surface area (Å²) >= 11 is 12.6. The molecule has 0 aliphatic carbocycles. The zero-order valence-corrected chi connectivity index (χ0v) is 23.8. The van der Waals surface area contributed by atoms with Gasteiger partial charge in [0.25, 0.3) is 0 Å². The molecule has 4 nitrogen and oxygen atoms in total. The molecule has 37 heavy (non-hydrogen) atoms. The normalized spacial score (nSPS) is 14.9. The van der Waals surface area contributed by atoms with E-state index in [2.05, 4.69) is 33.4 Å². The predicted molar refractivity (Wildman–Crippen MR) is 156 cm³/mol. The standard InChI is InChI=1S/C29H34Cl2FN3O.ClH/c1-3-14-35-21(2)24(19-27(35)22-8-5-4-6-9-22)28(36)13-12-23(20-32)33-15-17-34(18-16-33)26-11-7-10-25(30)29(26)31;/h4-11,19,23H,3,12-18,20H2,1-2H3;1H. The molecule has 0 spiro atoms. The van der Waals surface area contributed by atoms with E-state index >= 15 is 0 Å². The van der Waals surface area contributed by atoms with E-state index in [1.165, 1.54) is 0 Å². The Labute approximate surface area is 235 Å². The first-order chi connectivity index (χ1) is 17.4. The van der Waals surface area contributed by atoms with E-state index in [0.717, 1.165) is 67.3 Å². The Hall–Kier alpha value is -2.05. The Morgan fingerprint density at radius 1 is 1.03 bits per heavy atom. The van der Waals surface area contributed by atoms with Crippen LogP contribution in [0, 0.1) is 6.92 Å². The molecular weight excluding hydrogens is 532 g/mol. The number of aromatic nitrogens is 1. The molecule has 1 aliphatic heterocycles. The van der Waals surface area contributed by atoms with Crippen LogP contribution in [0.3, 0.4) is 0 Å². The molecule has 1 aromatic heterocycles. The minimum absolute atomic E-state index is 0. The quantitative estimate of drug-likeness (QED) is 0.235. The lowest BCUT2D eigenvalue weighted by atomic mass is 10.0. The second-order valence-corrected chi connectivity index (χ2v) is 10.2. The average Bonchev–Trinajstić information content (AvgIpc) is 3.23. The number of benzene rings is 2. The number of ketones is 1. The molecule has 0 amide bonds. The van der Waals surface area contributed by atoms with Gasteiger partial charge in [0.15, 0.2) is 5.78 Å². The van der Waals surface area contributed by atoms with Gasteiger partial charge < -0.3 is 9.47 Å². The van der Waals surface area contributed by atoms with Crippen molar-refractivity contribution in [2.24, 2.45) is 0 Å². The highest BCUT2D eigenvalue weighted by Crippen LogP contribution is 2.33. The average molecular weight is 567 g/mol. The molecule has 4 rings (SSSR count). The number of nitrogens with zero attached hydrogens (tertiary/aromatic N) is 3. The minimum atomic E-state index is -0.462. The van der Waals surface area contributed by atoms with Crippen molar-refractivity contribution in [3.63, 3.8) is 0 Å². The van der Waals surface area contributed by atoms with Crippen molar-refractivity contribution in [3.05, 3.63) is 75.9 Å². The van der Waals surface area contributed by atoms with Crippen LogP contribution < -0.4 is 4.90 Å². The number of carbonyl (C=O) groups excluding carboxylic acids is 1. The van der Waals surface area contributed by atoms with E-state index < -0.39 is 6.67 Å². The van der Waals surface area contributed by atoms with Crippen LogP contribution in [0.4, 0.5) is 10.1 Å². The lowest BCUT2D eigenvalue weighted by Crippen LogP contribution is -2.51. The molecule has 1 aliphatic rings. The lowest BCUT2D eigenvalue weighted by molar-refractivity contribution is 0.0943. The summed E-state index contributed by atoms with van der Waals surface area (Å²) < 4.78 is 16.3. The van der Waals surface area contributed by atoms with Crippen molar-refractivity contribution in [2.75, 3.05) is 37.8 Å². The van der Waals surface area contributed by atoms with Gasteiger partial charge in [-0.05, 0) is 43.5 Å². The first-order valence-corrected chi connectivity index (χ1v) is 13.5. The molecular formula is C29H35Cl3FN3O. The van der Waals surface area contributed by atoms with E-state index in [1.54, 1.807) is 6.07 Å². The number of halogens is 4. The predicted octanol–water partition coefficient (Wildman–Crippen LogP) is 7.73. The van der Waals surface area contributed by atoms with E-state index in [0.29, 0.717) is 22.9 Å². The molecule has 2 aromatic carbocycles. The highest BCUT2D eigenvalue weighted by atomic mass is 35.5. The molecule has 1 fully saturated rings. The maximum absolute atomic E-state index is 14.1. The van der Waals surface area contributed by atoms with E-state index in [4.69, 9.17) is 23.2 Å². The van der Waals surface area contributed by atoms with Gasteiger partial charge in [-0.25, -0.2) is 4.39 Å². The first-order valence-electron chi connectivity index (χ1n) is 12.7. The van der Waals surface area contributed by atoms with Crippen LogP contribution in [-0.4, -0.2) is 54.1 Å². The minimum Gasteiger partial charge on any atom is -0.368 e. The summed E-state index contributed by atoms with van der Waals surface area (Å²) in [5.41, 5.74) is 4.82. The monoisotopic (exact) mass is 565 g/mol. The third kappa shape index (κ3) is 6.69. The summed E-state index contributed by atoms with van der Waals surface area (Å²) in [6.45, 7) is 7.47. The molecule has 8 heteroatoms. The lowest BCUT2D eigenvalue weighted by Gasteiger charge is -2.39. The molecule has 200 valence electrons. The molecule has 1 saturated heterocycles. The van der Waals surface area contributed by atoms with Gasteiger partial charge in [-0.2, -0.15) is 0 Å². The molecule has 1 atom stereocenters. The van der Waals surface area contributed by atoms with E-state index in [-0.39, 0.29) is 24.2 Å². The van der Waals surface area contributed by atoms with Gasteiger partial charge in [-0.3, -0.25) is 9.69 Å². The zero-order valence-electron chi connectivity index (χ0n) is 21.4. The maximum atomic E-state index is 14.1. The fourth-order valence-corrected chi connectivity index (χ4v) is 5.56. The fourth-order valence-electron chi connectivity index (χ4n) is 5.14. The van der Waals surface area contributed by atoms with Crippen LogP contribution in [-0.2, 0) is 6.54 Å². The SMILES string of the molecule is CCCn1c(-c2ccccc2)cc(C(=O)CCC(CF)N2CCN(c3cccc(Cl)c3Cl)CC2)c1C.Cl. The molecule has 3 aromatic rings. The number of alkyl halides is 1. The largest absolute Gasteiger partial charge is 0.368 e. The van der Waals surface area contributed by atoms with Gasteiger partial charge in [0.2, 0.25) is 0 Å². The maximum Gasteiger partial charge on any atom is 0.164 e. The van der Waals surface area contributed by atoms with Gasteiger partial charge in [0.05, 0.1) is 15.7 Å². The number of hydrogen-bond donors (Lipinski definition) is 0. The van der Waals surface area contributed by atoms with Crippen LogP contribution in [0.5, 0.6) is 0 Å². The Bertz CT molecular complexity index is 1180.